The first-order valence-electron chi connectivity index (χ1n) is 7.45. The zero-order chi connectivity index (χ0) is 16.8. The van der Waals surface area contributed by atoms with E-state index in [1.165, 1.54) is 0 Å². The molecule has 0 saturated heterocycles. The second-order valence-corrected chi connectivity index (χ2v) is 5.11. The number of guanidine groups is 1. The number of hydrazone groups is 1. The topological polar surface area (TPSA) is 85.1 Å². The van der Waals surface area contributed by atoms with Gasteiger partial charge in [0.05, 0.1) is 19.9 Å². The molecule has 0 atom stereocenters. The Hall–Kier alpha value is -2.55. The molecule has 0 amide bonds. The van der Waals surface area contributed by atoms with E-state index in [2.05, 4.69) is 15.5 Å². The first kappa shape index (κ1) is 18.8. The summed E-state index contributed by atoms with van der Waals surface area (Å²) in [4.78, 5) is 4.22. The monoisotopic (exact) mass is 450 g/mol. The molecular weight excluding hydrogens is 431 g/mol. The van der Waals surface area contributed by atoms with Gasteiger partial charge in [-0.1, -0.05) is 30.3 Å². The Morgan fingerprint density at radius 2 is 1.96 bits per heavy atom. The number of aliphatic imine (C=N–C) groups is 1. The minimum Gasteiger partial charge on any atom is -0.497 e. The largest absolute Gasteiger partial charge is 0.497 e. The fourth-order valence-corrected chi connectivity index (χ4v) is 2.17. The number of hydrogen-bond acceptors (Lipinski definition) is 4. The van der Waals surface area contributed by atoms with E-state index >= 15 is 0 Å². The molecule has 0 radical (unpaired) electrons. The molecule has 0 bridgehead atoms. The van der Waals surface area contributed by atoms with Gasteiger partial charge < -0.3 is 14.9 Å². The molecule has 130 valence electrons. The van der Waals surface area contributed by atoms with Crippen LogP contribution >= 0.6 is 24.0 Å². The summed E-state index contributed by atoms with van der Waals surface area (Å²) in [5, 5.41) is 5.06. The minimum absolute atomic E-state index is 0. The first-order chi connectivity index (χ1) is 11.7. The lowest BCUT2D eigenvalue weighted by Crippen LogP contribution is -2.27. The summed E-state index contributed by atoms with van der Waals surface area (Å²) in [5.74, 6) is 1.69. The van der Waals surface area contributed by atoms with Crippen LogP contribution in [-0.4, -0.2) is 19.3 Å². The van der Waals surface area contributed by atoms with Crippen molar-refractivity contribution in [3.8, 4) is 5.75 Å². The molecule has 2 aromatic carbocycles. The van der Waals surface area contributed by atoms with Gasteiger partial charge in [0, 0.05) is 5.39 Å². The van der Waals surface area contributed by atoms with Crippen molar-refractivity contribution in [2.45, 2.75) is 6.54 Å². The number of fused-ring (bicyclic) bond motifs is 1. The number of nitrogens with one attached hydrogen (secondary N) is 1. The van der Waals surface area contributed by atoms with Crippen LogP contribution in [0.3, 0.4) is 0 Å². The van der Waals surface area contributed by atoms with E-state index in [4.69, 9.17) is 14.9 Å². The molecule has 0 aliphatic rings. The predicted octanol–water partition coefficient (Wildman–Crippen LogP) is 3.50. The van der Waals surface area contributed by atoms with Gasteiger partial charge in [-0.25, -0.2) is 10.4 Å². The molecule has 0 fully saturated rings. The van der Waals surface area contributed by atoms with Crippen LogP contribution in [0.25, 0.3) is 11.0 Å². The Kier molecular flexibility index (Phi) is 6.81. The van der Waals surface area contributed by atoms with Gasteiger partial charge in [0.1, 0.15) is 17.1 Å². The van der Waals surface area contributed by atoms with Crippen LogP contribution in [0, 0.1) is 0 Å². The first-order valence-corrected chi connectivity index (χ1v) is 7.45. The van der Waals surface area contributed by atoms with Crippen LogP contribution in [0.5, 0.6) is 5.75 Å². The van der Waals surface area contributed by atoms with Gasteiger partial charge in [-0.2, -0.15) is 5.10 Å². The molecule has 0 aliphatic carbocycles. The summed E-state index contributed by atoms with van der Waals surface area (Å²) in [6, 6.07) is 17.3. The summed E-state index contributed by atoms with van der Waals surface area (Å²) in [7, 11) is 1.63. The fraction of sp³-hybridized carbons (Fsp3) is 0.111. The Balaban J connectivity index is 0.00000225. The highest BCUT2D eigenvalue weighted by atomic mass is 127. The Labute approximate surface area is 162 Å². The van der Waals surface area contributed by atoms with Crippen molar-refractivity contribution < 1.29 is 9.15 Å². The number of methoxy groups -OCH3 is 1. The van der Waals surface area contributed by atoms with E-state index in [0.29, 0.717) is 12.3 Å². The summed E-state index contributed by atoms with van der Waals surface area (Å²) >= 11 is 0. The van der Waals surface area contributed by atoms with Crippen LogP contribution in [0.4, 0.5) is 0 Å². The molecule has 0 spiro atoms. The molecule has 1 heterocycles. The summed E-state index contributed by atoms with van der Waals surface area (Å²) in [6.45, 7) is 0.461. The standard InChI is InChI=1S/C18H18N4O2.HI/c1-23-15-8-6-13(7-9-15)11-20-18(19)22-21-12-16-10-14-4-2-3-5-17(14)24-16;/h2-10,12H,11H2,1H3,(H3,19,20,22);1H/b21-12+;. The van der Waals surface area contributed by atoms with Crippen molar-refractivity contribution >= 4 is 47.1 Å². The SMILES string of the molecule is COc1ccc(CN=C(N)N/N=C/c2cc3ccccc3o2)cc1.I. The molecule has 3 rings (SSSR count). The summed E-state index contributed by atoms with van der Waals surface area (Å²) < 4.78 is 10.7. The third-order valence-corrected chi connectivity index (χ3v) is 3.41. The third-order valence-electron chi connectivity index (χ3n) is 3.41. The van der Waals surface area contributed by atoms with Crippen molar-refractivity contribution in [1.29, 1.82) is 0 Å². The number of ether oxygens (including phenoxy) is 1. The zero-order valence-corrected chi connectivity index (χ0v) is 16.0. The summed E-state index contributed by atoms with van der Waals surface area (Å²) in [6.07, 6.45) is 1.57. The van der Waals surface area contributed by atoms with Gasteiger partial charge in [-0.3, -0.25) is 0 Å². The normalized spacial score (nSPS) is 11.5. The van der Waals surface area contributed by atoms with E-state index in [0.717, 1.165) is 22.3 Å². The number of hydrogen-bond donors (Lipinski definition) is 2. The van der Waals surface area contributed by atoms with Gasteiger partial charge in [0.2, 0.25) is 5.96 Å². The van der Waals surface area contributed by atoms with Crippen molar-refractivity contribution in [3.63, 3.8) is 0 Å². The molecule has 7 heteroatoms. The number of rotatable bonds is 5. The Morgan fingerprint density at radius 3 is 2.68 bits per heavy atom. The van der Waals surface area contributed by atoms with Crippen molar-refractivity contribution in [2.75, 3.05) is 7.11 Å². The highest BCUT2D eigenvalue weighted by Gasteiger charge is 2.00. The van der Waals surface area contributed by atoms with Crippen LogP contribution in [0.1, 0.15) is 11.3 Å². The van der Waals surface area contributed by atoms with Crippen LogP contribution in [-0.2, 0) is 6.54 Å². The number of benzene rings is 2. The molecule has 3 aromatic rings. The smallest absolute Gasteiger partial charge is 0.209 e. The second-order valence-electron chi connectivity index (χ2n) is 5.11. The third kappa shape index (κ3) is 5.21. The average molecular weight is 450 g/mol. The van der Waals surface area contributed by atoms with E-state index in [9.17, 15) is 0 Å². The molecule has 6 nitrogen and oxygen atoms in total. The van der Waals surface area contributed by atoms with Crippen LogP contribution < -0.4 is 15.9 Å². The summed E-state index contributed by atoms with van der Waals surface area (Å²) in [5.41, 5.74) is 10.3. The molecule has 0 aliphatic heterocycles. The van der Waals surface area contributed by atoms with E-state index in [1.54, 1.807) is 13.3 Å². The van der Waals surface area contributed by atoms with Crippen molar-refractivity contribution in [1.82, 2.24) is 5.43 Å². The quantitative estimate of drug-likeness (QED) is 0.270. The second kappa shape index (κ2) is 9.07. The predicted molar refractivity (Wildman–Crippen MR) is 111 cm³/mol. The maximum absolute atomic E-state index is 5.79. The number of halogens is 1. The maximum atomic E-state index is 5.79. The zero-order valence-electron chi connectivity index (χ0n) is 13.7. The van der Waals surface area contributed by atoms with Gasteiger partial charge in [-0.15, -0.1) is 24.0 Å². The van der Waals surface area contributed by atoms with Crippen LogP contribution in [0.2, 0.25) is 0 Å². The Morgan fingerprint density at radius 1 is 1.20 bits per heavy atom. The fourth-order valence-electron chi connectivity index (χ4n) is 2.17. The van der Waals surface area contributed by atoms with E-state index in [-0.39, 0.29) is 29.9 Å². The molecule has 3 N–H and O–H groups in total. The highest BCUT2D eigenvalue weighted by Crippen LogP contribution is 2.17. The van der Waals surface area contributed by atoms with Gasteiger partial charge in [0.15, 0.2) is 0 Å². The Bertz CT molecular complexity index is 839. The lowest BCUT2D eigenvalue weighted by atomic mass is 10.2. The van der Waals surface area contributed by atoms with E-state index < -0.39 is 0 Å². The van der Waals surface area contributed by atoms with Crippen molar-refractivity contribution in [2.24, 2.45) is 15.8 Å². The average Bonchev–Trinajstić information content (AvgIpc) is 3.03. The number of para-hydroxylation sites is 1. The highest BCUT2D eigenvalue weighted by molar-refractivity contribution is 14.0. The van der Waals surface area contributed by atoms with Crippen LogP contribution in [0.15, 0.2) is 69.1 Å². The lowest BCUT2D eigenvalue weighted by molar-refractivity contribution is 0.414. The van der Waals surface area contributed by atoms with Gasteiger partial charge in [0.25, 0.3) is 0 Å². The number of nitrogens with two attached hydrogens (primary N) is 1. The van der Waals surface area contributed by atoms with E-state index in [1.807, 2.05) is 54.6 Å². The number of furan rings is 1. The molecule has 0 unspecified atom stereocenters. The lowest BCUT2D eigenvalue weighted by Gasteiger charge is -2.02. The van der Waals surface area contributed by atoms with Crippen molar-refractivity contribution in [3.05, 3.63) is 65.9 Å². The molecule has 1 aromatic heterocycles. The van der Waals surface area contributed by atoms with Gasteiger partial charge in [-0.05, 0) is 29.8 Å². The molecule has 25 heavy (non-hydrogen) atoms. The van der Waals surface area contributed by atoms with Gasteiger partial charge >= 0.3 is 0 Å². The molecule has 0 saturated carbocycles. The maximum Gasteiger partial charge on any atom is 0.209 e. The molecular formula is C18H19IN4O2. The minimum atomic E-state index is 0. The number of nitrogens with zero attached hydrogens (tertiary/aromatic N) is 2.